The second kappa shape index (κ2) is 5.72. The Morgan fingerprint density at radius 2 is 1.83 bits per heavy atom. The van der Waals surface area contributed by atoms with Crippen molar-refractivity contribution in [2.75, 3.05) is 11.4 Å². The summed E-state index contributed by atoms with van der Waals surface area (Å²) in [5.74, 6) is 0.127. The van der Waals surface area contributed by atoms with Crippen molar-refractivity contribution in [2.45, 2.75) is 12.8 Å². The van der Waals surface area contributed by atoms with E-state index in [1.807, 2.05) is 59.6 Å². The van der Waals surface area contributed by atoms with Gasteiger partial charge in [0.1, 0.15) is 0 Å². The average Bonchev–Trinajstić information content (AvgIpc) is 3.22. The summed E-state index contributed by atoms with van der Waals surface area (Å²) in [6.07, 6.45) is 5.01. The average molecular weight is 303 g/mol. The highest BCUT2D eigenvalue weighted by Crippen LogP contribution is 2.27. The number of fused-ring (bicyclic) bond motifs is 1. The lowest BCUT2D eigenvalue weighted by molar-refractivity contribution is -0.117. The Morgan fingerprint density at radius 1 is 1.04 bits per heavy atom. The first-order valence-corrected chi connectivity index (χ1v) is 7.78. The molecule has 0 fully saturated rings. The minimum Gasteiger partial charge on any atom is -0.312 e. The number of carbonyl (C=O) groups excluding carboxylic acids is 1. The lowest BCUT2D eigenvalue weighted by Gasteiger charge is -2.16. The molecule has 1 aliphatic rings. The monoisotopic (exact) mass is 303 g/mol. The number of hydrogen-bond donors (Lipinski definition) is 0. The van der Waals surface area contributed by atoms with Gasteiger partial charge in [-0.05, 0) is 35.7 Å². The molecule has 1 aromatic heterocycles. The highest BCUT2D eigenvalue weighted by atomic mass is 16.2. The van der Waals surface area contributed by atoms with Gasteiger partial charge in [0, 0.05) is 18.4 Å². The van der Waals surface area contributed by atoms with E-state index in [2.05, 4.69) is 11.2 Å². The van der Waals surface area contributed by atoms with E-state index in [1.165, 1.54) is 5.56 Å². The molecule has 23 heavy (non-hydrogen) atoms. The summed E-state index contributed by atoms with van der Waals surface area (Å²) in [6.45, 7) is 0.769. The van der Waals surface area contributed by atoms with Crippen LogP contribution in [0.1, 0.15) is 11.1 Å². The van der Waals surface area contributed by atoms with Crippen molar-refractivity contribution in [1.82, 2.24) is 9.78 Å². The Labute approximate surface area is 135 Å². The lowest BCUT2D eigenvalue weighted by atomic mass is 10.2. The molecule has 0 saturated carbocycles. The van der Waals surface area contributed by atoms with Crippen molar-refractivity contribution in [1.29, 1.82) is 0 Å². The summed E-state index contributed by atoms with van der Waals surface area (Å²) in [4.78, 5) is 14.5. The fraction of sp³-hybridized carbons (Fsp3) is 0.158. The van der Waals surface area contributed by atoms with Crippen molar-refractivity contribution < 1.29 is 4.79 Å². The van der Waals surface area contributed by atoms with Crippen LogP contribution in [0.3, 0.4) is 0 Å². The Hall–Kier alpha value is -2.88. The molecule has 4 nitrogen and oxygen atoms in total. The van der Waals surface area contributed by atoms with Crippen molar-refractivity contribution in [3.8, 4) is 5.69 Å². The second-order valence-corrected chi connectivity index (χ2v) is 5.73. The number of nitrogens with zero attached hydrogens (tertiary/aromatic N) is 3. The minimum absolute atomic E-state index is 0.127. The van der Waals surface area contributed by atoms with Crippen LogP contribution in [-0.2, 0) is 17.6 Å². The summed E-state index contributed by atoms with van der Waals surface area (Å²) < 4.78 is 1.81. The van der Waals surface area contributed by atoms with Crippen LogP contribution in [0, 0.1) is 0 Å². The fourth-order valence-corrected chi connectivity index (χ4v) is 3.04. The third-order valence-corrected chi connectivity index (χ3v) is 4.20. The third-order valence-electron chi connectivity index (χ3n) is 4.20. The van der Waals surface area contributed by atoms with E-state index in [1.54, 1.807) is 10.9 Å². The molecule has 0 radical (unpaired) electrons. The van der Waals surface area contributed by atoms with E-state index in [9.17, 15) is 4.79 Å². The molecule has 0 unspecified atom stereocenters. The molecule has 114 valence electrons. The molecular weight excluding hydrogens is 286 g/mol. The maximum Gasteiger partial charge on any atom is 0.231 e. The summed E-state index contributed by atoms with van der Waals surface area (Å²) in [5.41, 5.74) is 4.23. The van der Waals surface area contributed by atoms with Crippen LogP contribution in [0.4, 0.5) is 5.69 Å². The normalized spacial score (nSPS) is 13.1. The number of anilines is 1. The van der Waals surface area contributed by atoms with Gasteiger partial charge in [0.2, 0.25) is 5.91 Å². The number of hydrogen-bond acceptors (Lipinski definition) is 2. The third kappa shape index (κ3) is 2.63. The Bertz CT molecular complexity index is 839. The van der Waals surface area contributed by atoms with Gasteiger partial charge in [-0.15, -0.1) is 0 Å². The zero-order chi connectivity index (χ0) is 15.6. The molecule has 4 rings (SSSR count). The molecule has 1 amide bonds. The van der Waals surface area contributed by atoms with E-state index < -0.39 is 0 Å². The van der Waals surface area contributed by atoms with Crippen LogP contribution in [0.15, 0.2) is 67.0 Å². The zero-order valence-corrected chi connectivity index (χ0v) is 12.7. The molecule has 4 heteroatoms. The van der Waals surface area contributed by atoms with Crippen molar-refractivity contribution >= 4 is 11.6 Å². The maximum absolute atomic E-state index is 12.6. The molecule has 3 aromatic rings. The topological polar surface area (TPSA) is 38.1 Å². The van der Waals surface area contributed by atoms with E-state index >= 15 is 0 Å². The molecule has 0 bridgehead atoms. The van der Waals surface area contributed by atoms with E-state index in [-0.39, 0.29) is 5.91 Å². The molecule has 2 heterocycles. The highest BCUT2D eigenvalue weighted by molar-refractivity contribution is 5.96. The summed E-state index contributed by atoms with van der Waals surface area (Å²) in [5, 5.41) is 4.36. The van der Waals surface area contributed by atoms with Gasteiger partial charge >= 0.3 is 0 Å². The van der Waals surface area contributed by atoms with E-state index in [4.69, 9.17) is 0 Å². The first-order chi connectivity index (χ1) is 11.3. The molecule has 2 aromatic carbocycles. The van der Waals surface area contributed by atoms with E-state index in [0.29, 0.717) is 6.42 Å². The smallest absolute Gasteiger partial charge is 0.231 e. The van der Waals surface area contributed by atoms with Crippen molar-refractivity contribution in [2.24, 2.45) is 0 Å². The number of benzene rings is 2. The second-order valence-electron chi connectivity index (χ2n) is 5.73. The van der Waals surface area contributed by atoms with Crippen LogP contribution in [0.25, 0.3) is 5.69 Å². The van der Waals surface area contributed by atoms with Gasteiger partial charge in [0.05, 0.1) is 18.3 Å². The molecule has 0 atom stereocenters. The van der Waals surface area contributed by atoms with Gasteiger partial charge in [-0.25, -0.2) is 4.68 Å². The molecule has 1 aliphatic heterocycles. The number of amides is 1. The largest absolute Gasteiger partial charge is 0.312 e. The predicted octanol–water partition coefficient (Wildman–Crippen LogP) is 3.00. The Morgan fingerprint density at radius 3 is 2.70 bits per heavy atom. The SMILES string of the molecule is O=C(Cc1cnn(-c2ccccc2)c1)N1CCc2ccccc21. The number of para-hydroxylation sites is 2. The van der Waals surface area contributed by atoms with Gasteiger partial charge < -0.3 is 4.90 Å². The Kier molecular flexibility index (Phi) is 3.42. The first-order valence-electron chi connectivity index (χ1n) is 7.78. The first kappa shape index (κ1) is 13.8. The minimum atomic E-state index is 0.127. The maximum atomic E-state index is 12.6. The lowest BCUT2D eigenvalue weighted by Crippen LogP contribution is -2.30. The van der Waals surface area contributed by atoms with Gasteiger partial charge in [-0.2, -0.15) is 5.10 Å². The van der Waals surface area contributed by atoms with Gasteiger partial charge in [-0.3, -0.25) is 4.79 Å². The predicted molar refractivity (Wildman–Crippen MR) is 89.8 cm³/mol. The van der Waals surface area contributed by atoms with Gasteiger partial charge in [0.25, 0.3) is 0 Å². The van der Waals surface area contributed by atoms with Crippen LogP contribution < -0.4 is 4.90 Å². The van der Waals surface area contributed by atoms with Crippen LogP contribution >= 0.6 is 0 Å². The van der Waals surface area contributed by atoms with Crippen molar-refractivity contribution in [3.05, 3.63) is 78.1 Å². The van der Waals surface area contributed by atoms with Crippen LogP contribution in [0.2, 0.25) is 0 Å². The van der Waals surface area contributed by atoms with E-state index in [0.717, 1.165) is 29.9 Å². The van der Waals surface area contributed by atoms with Crippen molar-refractivity contribution in [3.63, 3.8) is 0 Å². The van der Waals surface area contributed by atoms with Crippen LogP contribution in [-0.4, -0.2) is 22.2 Å². The number of aromatic nitrogens is 2. The highest BCUT2D eigenvalue weighted by Gasteiger charge is 2.24. The molecule has 0 aliphatic carbocycles. The van der Waals surface area contributed by atoms with Gasteiger partial charge in [-0.1, -0.05) is 36.4 Å². The Balaban J connectivity index is 1.51. The summed E-state index contributed by atoms with van der Waals surface area (Å²) in [6, 6.07) is 18.0. The number of rotatable bonds is 3. The summed E-state index contributed by atoms with van der Waals surface area (Å²) >= 11 is 0. The standard InChI is InChI=1S/C19H17N3O/c23-19(21-11-10-16-6-4-5-9-18(16)21)12-15-13-20-22(14-15)17-7-2-1-3-8-17/h1-9,13-14H,10-12H2. The summed E-state index contributed by atoms with van der Waals surface area (Å²) in [7, 11) is 0. The van der Waals surface area contributed by atoms with Gasteiger partial charge in [0.15, 0.2) is 0 Å². The number of carbonyl (C=O) groups is 1. The fourth-order valence-electron chi connectivity index (χ4n) is 3.04. The quantitative estimate of drug-likeness (QED) is 0.746. The molecular formula is C19H17N3O. The molecule has 0 saturated heterocycles. The van der Waals surface area contributed by atoms with Crippen LogP contribution in [0.5, 0.6) is 0 Å². The molecule has 0 spiro atoms. The molecule has 0 N–H and O–H groups in total. The zero-order valence-electron chi connectivity index (χ0n) is 12.7.